The zero-order chi connectivity index (χ0) is 13.4. The van der Waals surface area contributed by atoms with Gasteiger partial charge in [0.1, 0.15) is 0 Å². The van der Waals surface area contributed by atoms with Gasteiger partial charge in [-0.15, -0.1) is 0 Å². The van der Waals surface area contributed by atoms with Gasteiger partial charge in [-0.1, -0.05) is 26.0 Å². The molecule has 0 bridgehead atoms. The van der Waals surface area contributed by atoms with Crippen LogP contribution in [0.25, 0.3) is 5.57 Å². The lowest BCUT2D eigenvalue weighted by atomic mass is 9.89. The minimum absolute atomic E-state index is 0.142. The highest BCUT2D eigenvalue weighted by atomic mass is 16.3. The smallest absolute Gasteiger partial charge is 0.0682 e. The Morgan fingerprint density at radius 1 is 1.37 bits per heavy atom. The number of hydrogen-bond donors (Lipinski definition) is 2. The summed E-state index contributed by atoms with van der Waals surface area (Å²) in [5.41, 5.74) is 7.03. The molecule has 0 saturated carbocycles. The van der Waals surface area contributed by atoms with Crippen LogP contribution in [-0.4, -0.2) is 17.7 Å². The third-order valence-corrected chi connectivity index (χ3v) is 4.34. The second kappa shape index (κ2) is 5.10. The van der Waals surface area contributed by atoms with E-state index in [0.29, 0.717) is 6.04 Å². The van der Waals surface area contributed by atoms with Crippen LogP contribution < -0.4 is 5.32 Å². The first-order valence-electron chi connectivity index (χ1n) is 7.37. The lowest BCUT2D eigenvalue weighted by molar-refractivity contribution is 0.282. The van der Waals surface area contributed by atoms with Crippen molar-refractivity contribution < 1.29 is 5.11 Å². The zero-order valence-corrected chi connectivity index (χ0v) is 11.9. The average molecular weight is 257 g/mol. The Bertz CT molecular complexity index is 516. The molecule has 1 atom stereocenters. The van der Waals surface area contributed by atoms with Crippen LogP contribution in [0.5, 0.6) is 0 Å². The molecule has 1 unspecified atom stereocenters. The molecule has 1 aromatic carbocycles. The Hall–Kier alpha value is -1.12. The molecular formula is C17H23NO. The van der Waals surface area contributed by atoms with E-state index in [0.717, 1.165) is 30.9 Å². The number of aliphatic hydroxyl groups excluding tert-OH is 1. The van der Waals surface area contributed by atoms with Gasteiger partial charge in [0.2, 0.25) is 0 Å². The Balaban J connectivity index is 1.95. The van der Waals surface area contributed by atoms with Crippen molar-refractivity contribution in [3.8, 4) is 0 Å². The van der Waals surface area contributed by atoms with Gasteiger partial charge in [-0.25, -0.2) is 0 Å². The molecule has 2 aliphatic rings. The van der Waals surface area contributed by atoms with Gasteiger partial charge in [0, 0.05) is 6.04 Å². The zero-order valence-electron chi connectivity index (χ0n) is 11.9. The van der Waals surface area contributed by atoms with Crippen LogP contribution in [0.4, 0.5) is 0 Å². The van der Waals surface area contributed by atoms with Crippen LogP contribution in [-0.2, 0) is 13.0 Å². The lowest BCUT2D eigenvalue weighted by Crippen LogP contribution is -2.36. The number of benzene rings is 1. The maximum Gasteiger partial charge on any atom is 0.0682 e. The number of hydrogen-bond acceptors (Lipinski definition) is 2. The van der Waals surface area contributed by atoms with Crippen molar-refractivity contribution in [3.63, 3.8) is 0 Å². The third-order valence-electron chi connectivity index (χ3n) is 4.34. The van der Waals surface area contributed by atoms with Crippen molar-refractivity contribution in [2.24, 2.45) is 5.92 Å². The fraction of sp³-hybridized carbons (Fsp3) is 0.529. The summed E-state index contributed by atoms with van der Waals surface area (Å²) in [4.78, 5) is 0. The molecule has 0 saturated heterocycles. The predicted molar refractivity (Wildman–Crippen MR) is 78.9 cm³/mol. The number of rotatable bonds is 3. The Morgan fingerprint density at radius 3 is 2.95 bits per heavy atom. The van der Waals surface area contributed by atoms with E-state index in [1.54, 1.807) is 11.1 Å². The standard InChI is InChI=1S/C17H23NO/c1-11(2)7-17-16-9-13-4-3-12(10-19)8-15(13)14(16)5-6-18-17/h3-4,8,11,17-19H,5-7,9-10H2,1-2H3. The SMILES string of the molecule is CC(C)CC1NCCC2=C1Cc1ccc(CO)cc12. The van der Waals surface area contributed by atoms with E-state index < -0.39 is 0 Å². The molecule has 1 aliphatic heterocycles. The third kappa shape index (κ3) is 2.35. The van der Waals surface area contributed by atoms with Gasteiger partial charge < -0.3 is 10.4 Å². The fourth-order valence-corrected chi connectivity index (χ4v) is 3.46. The van der Waals surface area contributed by atoms with Gasteiger partial charge in [-0.05, 0) is 65.6 Å². The molecule has 0 spiro atoms. The van der Waals surface area contributed by atoms with Gasteiger partial charge in [0.25, 0.3) is 0 Å². The minimum Gasteiger partial charge on any atom is -0.392 e. The first-order chi connectivity index (χ1) is 9.19. The first kappa shape index (κ1) is 12.9. The second-order valence-corrected chi connectivity index (χ2v) is 6.22. The van der Waals surface area contributed by atoms with Crippen LogP contribution in [0.1, 0.15) is 43.4 Å². The Labute approximate surface area is 115 Å². The number of aliphatic hydroxyl groups is 1. The van der Waals surface area contributed by atoms with Crippen LogP contribution in [0, 0.1) is 5.92 Å². The maximum absolute atomic E-state index is 9.31. The molecular weight excluding hydrogens is 234 g/mol. The molecule has 0 fully saturated rings. The van der Waals surface area contributed by atoms with E-state index in [9.17, 15) is 5.11 Å². The molecule has 19 heavy (non-hydrogen) atoms. The van der Waals surface area contributed by atoms with Crippen molar-refractivity contribution in [3.05, 3.63) is 40.5 Å². The van der Waals surface area contributed by atoms with Crippen LogP contribution in [0.3, 0.4) is 0 Å². The Kier molecular flexibility index (Phi) is 3.46. The molecule has 102 valence electrons. The molecule has 0 aromatic heterocycles. The van der Waals surface area contributed by atoms with Crippen molar-refractivity contribution in [1.29, 1.82) is 0 Å². The van der Waals surface area contributed by atoms with E-state index in [1.807, 2.05) is 0 Å². The van der Waals surface area contributed by atoms with E-state index in [-0.39, 0.29) is 6.61 Å². The monoisotopic (exact) mass is 257 g/mol. The van der Waals surface area contributed by atoms with E-state index in [2.05, 4.69) is 37.4 Å². The van der Waals surface area contributed by atoms with Gasteiger partial charge >= 0.3 is 0 Å². The van der Waals surface area contributed by atoms with Crippen molar-refractivity contribution in [1.82, 2.24) is 5.32 Å². The highest BCUT2D eigenvalue weighted by Crippen LogP contribution is 2.40. The van der Waals surface area contributed by atoms with Gasteiger partial charge in [0.15, 0.2) is 0 Å². The minimum atomic E-state index is 0.142. The van der Waals surface area contributed by atoms with E-state index >= 15 is 0 Å². The van der Waals surface area contributed by atoms with Crippen molar-refractivity contribution >= 4 is 5.57 Å². The highest BCUT2D eigenvalue weighted by molar-refractivity contribution is 5.78. The fourth-order valence-electron chi connectivity index (χ4n) is 3.46. The summed E-state index contributed by atoms with van der Waals surface area (Å²) in [7, 11) is 0. The molecule has 0 radical (unpaired) electrons. The van der Waals surface area contributed by atoms with Crippen LogP contribution in [0.2, 0.25) is 0 Å². The van der Waals surface area contributed by atoms with Crippen molar-refractivity contribution in [2.45, 2.75) is 45.8 Å². The molecule has 1 aliphatic carbocycles. The molecule has 2 heteroatoms. The topological polar surface area (TPSA) is 32.3 Å². The molecule has 3 rings (SSSR count). The maximum atomic E-state index is 9.31. The molecule has 1 aromatic rings. The number of fused-ring (bicyclic) bond motifs is 2. The first-order valence-corrected chi connectivity index (χ1v) is 7.37. The van der Waals surface area contributed by atoms with Crippen LogP contribution >= 0.6 is 0 Å². The molecule has 1 heterocycles. The van der Waals surface area contributed by atoms with E-state index in [1.165, 1.54) is 17.5 Å². The molecule has 0 amide bonds. The van der Waals surface area contributed by atoms with Gasteiger partial charge in [-0.2, -0.15) is 0 Å². The number of nitrogens with one attached hydrogen (secondary N) is 1. The summed E-state index contributed by atoms with van der Waals surface area (Å²) >= 11 is 0. The molecule has 2 N–H and O–H groups in total. The summed E-state index contributed by atoms with van der Waals surface area (Å²) in [5.74, 6) is 0.723. The van der Waals surface area contributed by atoms with Gasteiger partial charge in [-0.3, -0.25) is 0 Å². The Morgan fingerprint density at radius 2 is 2.21 bits per heavy atom. The highest BCUT2D eigenvalue weighted by Gasteiger charge is 2.30. The molecule has 2 nitrogen and oxygen atoms in total. The quantitative estimate of drug-likeness (QED) is 0.872. The van der Waals surface area contributed by atoms with Gasteiger partial charge in [0.05, 0.1) is 6.61 Å². The summed E-state index contributed by atoms with van der Waals surface area (Å²) < 4.78 is 0. The average Bonchev–Trinajstić information content (AvgIpc) is 2.77. The predicted octanol–water partition coefficient (Wildman–Crippen LogP) is 2.90. The summed E-state index contributed by atoms with van der Waals surface area (Å²) in [5, 5.41) is 13.0. The summed E-state index contributed by atoms with van der Waals surface area (Å²) in [6, 6.07) is 7.00. The van der Waals surface area contributed by atoms with Crippen molar-refractivity contribution in [2.75, 3.05) is 6.54 Å². The lowest BCUT2D eigenvalue weighted by Gasteiger charge is -2.28. The summed E-state index contributed by atoms with van der Waals surface area (Å²) in [6.07, 6.45) is 3.45. The normalized spacial score (nSPS) is 21.8. The van der Waals surface area contributed by atoms with Crippen LogP contribution in [0.15, 0.2) is 23.8 Å². The largest absolute Gasteiger partial charge is 0.392 e. The summed E-state index contributed by atoms with van der Waals surface area (Å²) in [6.45, 7) is 5.81. The van der Waals surface area contributed by atoms with E-state index in [4.69, 9.17) is 0 Å². The second-order valence-electron chi connectivity index (χ2n) is 6.22.